The molecule has 0 aliphatic carbocycles. The van der Waals surface area contributed by atoms with Gasteiger partial charge in [0.05, 0.1) is 18.0 Å². The van der Waals surface area contributed by atoms with E-state index in [1.54, 1.807) is 0 Å². The van der Waals surface area contributed by atoms with E-state index in [4.69, 9.17) is 4.74 Å². The lowest BCUT2D eigenvalue weighted by atomic mass is 9.99. The Balaban J connectivity index is 1.77. The van der Waals surface area contributed by atoms with Gasteiger partial charge in [0.15, 0.2) is 11.3 Å². The summed E-state index contributed by atoms with van der Waals surface area (Å²) in [5, 5.41) is 0. The highest BCUT2D eigenvalue weighted by atomic mass is 16.5. The minimum absolute atomic E-state index is 0.325. The lowest BCUT2D eigenvalue weighted by molar-refractivity contribution is 0.0517. The fourth-order valence-corrected chi connectivity index (χ4v) is 3.56. The average molecular weight is 335 g/mol. The van der Waals surface area contributed by atoms with E-state index in [0.717, 1.165) is 30.8 Å². The summed E-state index contributed by atoms with van der Waals surface area (Å²) < 4.78 is 7.04. The lowest BCUT2D eigenvalue weighted by Crippen LogP contribution is -2.30. The van der Waals surface area contributed by atoms with Crippen LogP contribution in [0.15, 0.2) is 42.6 Å². The standard InChI is InChI=1S/C20H21N3O2/c1-3-25-20(24)18-14(2)21-19-17(9-6-11-23(18)19)22-12-10-15-7-4-5-8-16(15)13-22/h4-9,11H,3,10,12-13H2,1-2H3. The van der Waals surface area contributed by atoms with Crippen LogP contribution in [0.2, 0.25) is 0 Å². The van der Waals surface area contributed by atoms with Crippen molar-refractivity contribution in [1.82, 2.24) is 9.38 Å². The second-order valence-corrected chi connectivity index (χ2v) is 6.29. The van der Waals surface area contributed by atoms with Gasteiger partial charge in [-0.2, -0.15) is 0 Å². The average Bonchev–Trinajstić information content (AvgIpc) is 2.97. The van der Waals surface area contributed by atoms with Crippen LogP contribution < -0.4 is 4.90 Å². The molecule has 0 unspecified atom stereocenters. The van der Waals surface area contributed by atoms with E-state index in [0.29, 0.717) is 18.0 Å². The highest BCUT2D eigenvalue weighted by Crippen LogP contribution is 2.29. The van der Waals surface area contributed by atoms with E-state index in [9.17, 15) is 4.79 Å². The lowest BCUT2D eigenvalue weighted by Gasteiger charge is -2.30. The molecule has 0 spiro atoms. The second-order valence-electron chi connectivity index (χ2n) is 6.29. The van der Waals surface area contributed by atoms with E-state index >= 15 is 0 Å². The highest BCUT2D eigenvalue weighted by molar-refractivity contribution is 5.91. The number of imidazole rings is 1. The summed E-state index contributed by atoms with van der Waals surface area (Å²) in [5.74, 6) is -0.325. The summed E-state index contributed by atoms with van der Waals surface area (Å²) in [5.41, 5.74) is 5.83. The summed E-state index contributed by atoms with van der Waals surface area (Å²) >= 11 is 0. The molecule has 0 fully saturated rings. The van der Waals surface area contributed by atoms with Crippen molar-refractivity contribution in [3.05, 3.63) is 65.1 Å². The Morgan fingerprint density at radius 2 is 2.00 bits per heavy atom. The SMILES string of the molecule is CCOC(=O)c1c(C)nc2c(N3CCc4ccccc4C3)cccn12. The predicted octanol–water partition coefficient (Wildman–Crippen LogP) is 3.38. The number of fused-ring (bicyclic) bond motifs is 2. The molecule has 2 aromatic heterocycles. The summed E-state index contributed by atoms with van der Waals surface area (Å²) in [6, 6.07) is 12.6. The topological polar surface area (TPSA) is 46.8 Å². The van der Waals surface area contributed by atoms with E-state index < -0.39 is 0 Å². The third kappa shape index (κ3) is 2.65. The number of anilines is 1. The summed E-state index contributed by atoms with van der Waals surface area (Å²) in [4.78, 5) is 19.3. The number of carbonyl (C=O) groups excluding carboxylic acids is 1. The Kier molecular flexibility index (Phi) is 3.92. The number of esters is 1. The van der Waals surface area contributed by atoms with Crippen LogP contribution in [0.25, 0.3) is 5.65 Å². The molecular formula is C20H21N3O2. The number of aryl methyl sites for hydroxylation is 1. The van der Waals surface area contributed by atoms with Crippen molar-refractivity contribution in [3.63, 3.8) is 0 Å². The van der Waals surface area contributed by atoms with Gasteiger partial charge in [-0.05, 0) is 43.5 Å². The molecule has 0 bridgehead atoms. The third-order valence-electron chi connectivity index (χ3n) is 4.74. The van der Waals surface area contributed by atoms with Gasteiger partial charge in [0.2, 0.25) is 0 Å². The highest BCUT2D eigenvalue weighted by Gasteiger charge is 2.23. The maximum absolute atomic E-state index is 12.3. The Labute approximate surface area is 146 Å². The quantitative estimate of drug-likeness (QED) is 0.689. The van der Waals surface area contributed by atoms with Crippen LogP contribution in [-0.2, 0) is 17.7 Å². The van der Waals surface area contributed by atoms with Crippen molar-refractivity contribution in [1.29, 1.82) is 0 Å². The zero-order chi connectivity index (χ0) is 17.4. The molecule has 0 saturated heterocycles. The van der Waals surface area contributed by atoms with Crippen LogP contribution in [0.4, 0.5) is 5.69 Å². The minimum Gasteiger partial charge on any atom is -0.461 e. The number of pyridine rings is 1. The maximum Gasteiger partial charge on any atom is 0.357 e. The monoisotopic (exact) mass is 335 g/mol. The Bertz CT molecular complexity index is 945. The predicted molar refractivity (Wildman–Crippen MR) is 97.1 cm³/mol. The molecule has 0 amide bonds. The first-order valence-electron chi connectivity index (χ1n) is 8.65. The van der Waals surface area contributed by atoms with Crippen LogP contribution >= 0.6 is 0 Å². The molecule has 3 aromatic rings. The largest absolute Gasteiger partial charge is 0.461 e. The molecule has 1 aliphatic heterocycles. The van der Waals surface area contributed by atoms with Gasteiger partial charge in [0, 0.05) is 19.3 Å². The molecule has 1 aromatic carbocycles. The molecule has 1 aliphatic rings. The molecule has 0 saturated carbocycles. The van der Waals surface area contributed by atoms with Crippen molar-refractivity contribution in [2.24, 2.45) is 0 Å². The fraction of sp³-hybridized carbons (Fsp3) is 0.300. The van der Waals surface area contributed by atoms with Gasteiger partial charge < -0.3 is 9.64 Å². The molecule has 0 radical (unpaired) electrons. The summed E-state index contributed by atoms with van der Waals surface area (Å²) in [6.45, 7) is 5.82. The number of ether oxygens (including phenoxy) is 1. The molecule has 0 N–H and O–H groups in total. The van der Waals surface area contributed by atoms with E-state index in [2.05, 4.69) is 40.2 Å². The van der Waals surface area contributed by atoms with Crippen LogP contribution in [0.1, 0.15) is 34.2 Å². The number of rotatable bonds is 3. The number of hydrogen-bond acceptors (Lipinski definition) is 4. The Hall–Kier alpha value is -2.82. The number of carbonyl (C=O) groups is 1. The smallest absolute Gasteiger partial charge is 0.357 e. The van der Waals surface area contributed by atoms with Crippen molar-refractivity contribution < 1.29 is 9.53 Å². The van der Waals surface area contributed by atoms with Crippen molar-refractivity contribution in [2.45, 2.75) is 26.8 Å². The Morgan fingerprint density at radius 3 is 2.80 bits per heavy atom. The van der Waals surface area contributed by atoms with Gasteiger partial charge in [-0.1, -0.05) is 24.3 Å². The minimum atomic E-state index is -0.325. The van der Waals surface area contributed by atoms with Gasteiger partial charge in [-0.15, -0.1) is 0 Å². The first kappa shape index (κ1) is 15.7. The zero-order valence-electron chi connectivity index (χ0n) is 14.5. The number of aromatic nitrogens is 2. The van der Waals surface area contributed by atoms with E-state index in [1.165, 1.54) is 11.1 Å². The zero-order valence-corrected chi connectivity index (χ0v) is 14.5. The van der Waals surface area contributed by atoms with Crippen LogP contribution in [0.5, 0.6) is 0 Å². The third-order valence-corrected chi connectivity index (χ3v) is 4.74. The van der Waals surface area contributed by atoms with E-state index in [1.807, 2.05) is 30.5 Å². The molecule has 25 heavy (non-hydrogen) atoms. The van der Waals surface area contributed by atoms with Crippen LogP contribution in [-0.4, -0.2) is 28.5 Å². The number of nitrogens with zero attached hydrogens (tertiary/aromatic N) is 3. The molecule has 0 atom stereocenters. The van der Waals surface area contributed by atoms with Gasteiger partial charge in [-0.25, -0.2) is 9.78 Å². The van der Waals surface area contributed by atoms with Crippen molar-refractivity contribution >= 4 is 17.3 Å². The fourth-order valence-electron chi connectivity index (χ4n) is 3.56. The molecule has 5 heteroatoms. The first-order valence-corrected chi connectivity index (χ1v) is 8.65. The molecular weight excluding hydrogens is 314 g/mol. The number of hydrogen-bond donors (Lipinski definition) is 0. The Morgan fingerprint density at radius 1 is 1.20 bits per heavy atom. The summed E-state index contributed by atoms with van der Waals surface area (Å²) in [7, 11) is 0. The maximum atomic E-state index is 12.3. The second kappa shape index (κ2) is 6.24. The summed E-state index contributed by atoms with van der Waals surface area (Å²) in [6.07, 6.45) is 2.89. The van der Waals surface area contributed by atoms with Gasteiger partial charge in [0.25, 0.3) is 0 Å². The van der Waals surface area contributed by atoms with Crippen molar-refractivity contribution in [2.75, 3.05) is 18.1 Å². The number of benzene rings is 1. The van der Waals surface area contributed by atoms with E-state index in [-0.39, 0.29) is 5.97 Å². The molecule has 128 valence electrons. The first-order chi connectivity index (χ1) is 12.2. The van der Waals surface area contributed by atoms with Gasteiger partial charge in [0.1, 0.15) is 0 Å². The van der Waals surface area contributed by atoms with Gasteiger partial charge >= 0.3 is 5.97 Å². The van der Waals surface area contributed by atoms with Gasteiger partial charge in [-0.3, -0.25) is 4.40 Å². The van der Waals surface area contributed by atoms with Crippen LogP contribution in [0, 0.1) is 6.92 Å². The normalized spacial score (nSPS) is 13.8. The van der Waals surface area contributed by atoms with Crippen LogP contribution in [0.3, 0.4) is 0 Å². The molecule has 4 rings (SSSR count). The van der Waals surface area contributed by atoms with Crippen molar-refractivity contribution in [3.8, 4) is 0 Å². The molecule has 5 nitrogen and oxygen atoms in total. The molecule has 3 heterocycles.